The second kappa shape index (κ2) is 36.3. The van der Waals surface area contributed by atoms with Gasteiger partial charge in [-0.05, 0) is 179 Å². The zero-order valence-electron chi connectivity index (χ0n) is 64.2. The summed E-state index contributed by atoms with van der Waals surface area (Å²) in [5.74, 6) is -3.10. The van der Waals surface area contributed by atoms with Crippen LogP contribution >= 0.6 is 0 Å². The number of carbonyl (C=O) groups is 9. The fourth-order valence-electron chi connectivity index (χ4n) is 14.6. The fourth-order valence-corrected chi connectivity index (χ4v) is 14.6. The molecule has 2 aliphatic heterocycles. The van der Waals surface area contributed by atoms with Crippen LogP contribution in [0.1, 0.15) is 132 Å². The Balaban J connectivity index is 0.931. The quantitative estimate of drug-likeness (QED) is 0.00920. The number of aromatic nitrogens is 1. The summed E-state index contributed by atoms with van der Waals surface area (Å²) in [5.41, 5.74) is 13.9. The van der Waals surface area contributed by atoms with Gasteiger partial charge in [-0.3, -0.25) is 33.6 Å². The molecule has 26 nitrogen and oxygen atoms in total. The van der Waals surface area contributed by atoms with Gasteiger partial charge in [-0.2, -0.15) is 0 Å². The van der Waals surface area contributed by atoms with Crippen molar-refractivity contribution in [2.45, 2.75) is 191 Å². The summed E-state index contributed by atoms with van der Waals surface area (Å²) in [5, 5.41) is 21.2. The van der Waals surface area contributed by atoms with E-state index in [0.29, 0.717) is 50.9 Å². The minimum absolute atomic E-state index is 0.0189. The summed E-state index contributed by atoms with van der Waals surface area (Å²) in [6.07, 6.45) is 3.58. The lowest BCUT2D eigenvalue weighted by Gasteiger charge is -2.38. The topological polar surface area (TPSA) is 343 Å². The number of halogens is 1. The number of nitrogens with one attached hydrogen (secondary N) is 7. The molecule has 0 radical (unpaired) electrons. The van der Waals surface area contributed by atoms with E-state index in [1.165, 1.54) is 42.0 Å². The smallest absolute Gasteiger partial charge is 0.407 e. The molecule has 27 heteroatoms. The van der Waals surface area contributed by atoms with Crippen LogP contribution in [0.15, 0.2) is 151 Å². The van der Waals surface area contributed by atoms with Gasteiger partial charge in [0.2, 0.25) is 35.4 Å². The molecule has 0 spiro atoms. The number of hydrogen-bond acceptors (Lipinski definition) is 15. The molecular formula is C84H97FN12O14. The van der Waals surface area contributed by atoms with Crippen molar-refractivity contribution in [1.82, 2.24) is 46.7 Å². The number of likely N-dealkylation sites (tertiary alicyclic amines) is 2. The van der Waals surface area contributed by atoms with Crippen molar-refractivity contribution < 1.29 is 71.2 Å². The Bertz CT molecular complexity index is 4610. The minimum Gasteiger partial charge on any atom is -0.497 e. The van der Waals surface area contributed by atoms with Crippen molar-refractivity contribution >= 4 is 64.3 Å². The summed E-state index contributed by atoms with van der Waals surface area (Å²) in [7, 11) is 1.50. The van der Waals surface area contributed by atoms with Gasteiger partial charge in [0, 0.05) is 66.8 Å². The molecule has 3 aliphatic rings. The third kappa shape index (κ3) is 21.1. The summed E-state index contributed by atoms with van der Waals surface area (Å²) in [6, 6.07) is 31.8. The average molecular weight is 1520 g/mol. The maximum atomic E-state index is 16.0. The molecule has 7 aromatic rings. The van der Waals surface area contributed by atoms with Crippen LogP contribution in [0.4, 0.5) is 14.0 Å². The molecule has 2 fully saturated rings. The molecule has 7 N–H and O–H groups in total. The number of fused-ring (bicyclic) bond motifs is 4. The zero-order valence-corrected chi connectivity index (χ0v) is 64.2. The van der Waals surface area contributed by atoms with Crippen molar-refractivity contribution in [2.75, 3.05) is 33.4 Å². The van der Waals surface area contributed by atoms with Gasteiger partial charge in [0.05, 0.1) is 37.5 Å². The summed E-state index contributed by atoms with van der Waals surface area (Å²) < 4.78 is 44.6. The largest absolute Gasteiger partial charge is 0.497 e. The molecule has 3 heterocycles. The first-order valence-electron chi connectivity index (χ1n) is 37.1. The maximum absolute atomic E-state index is 16.0. The van der Waals surface area contributed by atoms with E-state index in [-0.39, 0.29) is 89.6 Å². The molecule has 1 unspecified atom stereocenters. The monoisotopic (exact) mass is 1520 g/mol. The lowest BCUT2D eigenvalue weighted by molar-refractivity contribution is -0.149. The minimum atomic E-state index is -1.64. The molecule has 584 valence electrons. The SMILES string of the molecule is C#CCO[C@H]1CCN(C(=O)[C@H](Cc2c[nH]c3ccc(F)cc23)NC(=O)[C@H](Cc2cccc(CN=[N+]=[N-])c2)NC(=O)OCC2c3ccccc3-c3ccccc32)[C@@H]1C(=O)N[C@H](C(=O)N[C@@H](Cc1ccc(OC)cc1)C(=O)N1CCC[C@]1(C)C(=O)N[C@@H](Cc1ccc(CNC(=O)OC(C)(C)C)cc1)C(C)=O)C(C)OC(C)(C)C. The highest BCUT2D eigenvalue weighted by atomic mass is 19.1. The highest BCUT2D eigenvalue weighted by molar-refractivity contribution is 6.00. The zero-order chi connectivity index (χ0) is 79.9. The normalized spacial score (nSPS) is 17.6. The van der Waals surface area contributed by atoms with E-state index < -0.39 is 119 Å². The highest BCUT2D eigenvalue weighted by Gasteiger charge is 2.50. The molecular weight excluding hydrogens is 1420 g/mol. The first kappa shape index (κ1) is 81.9. The number of Topliss-reactive ketones (excluding diaryl/α,β-unsaturated/α-hetero) is 1. The number of ether oxygens (including phenoxy) is 5. The van der Waals surface area contributed by atoms with Crippen LogP contribution in [0.3, 0.4) is 0 Å². The third-order valence-electron chi connectivity index (χ3n) is 20.0. The second-order valence-corrected chi connectivity index (χ2v) is 30.4. The van der Waals surface area contributed by atoms with Gasteiger partial charge in [-0.1, -0.05) is 120 Å². The number of amides is 8. The van der Waals surface area contributed by atoms with E-state index in [1.54, 1.807) is 134 Å². The van der Waals surface area contributed by atoms with Crippen LogP contribution in [0, 0.1) is 18.2 Å². The number of alkyl carbamates (subject to hydrolysis) is 2. The summed E-state index contributed by atoms with van der Waals surface area (Å²) in [4.78, 5) is 142. The van der Waals surface area contributed by atoms with Crippen LogP contribution in [-0.4, -0.2) is 167 Å². The highest BCUT2D eigenvalue weighted by Crippen LogP contribution is 2.45. The van der Waals surface area contributed by atoms with Crippen molar-refractivity contribution in [3.8, 4) is 29.2 Å². The van der Waals surface area contributed by atoms with Gasteiger partial charge in [-0.15, -0.1) is 6.42 Å². The molecule has 111 heavy (non-hydrogen) atoms. The van der Waals surface area contributed by atoms with Crippen LogP contribution in [0.2, 0.25) is 0 Å². The molecule has 1 aromatic heterocycles. The van der Waals surface area contributed by atoms with Gasteiger partial charge in [0.25, 0.3) is 0 Å². The fraction of sp³-hybridized carbons (Fsp3) is 0.417. The molecule has 8 amide bonds. The Morgan fingerprint density at radius 2 is 1.33 bits per heavy atom. The second-order valence-electron chi connectivity index (χ2n) is 30.4. The number of methoxy groups -OCH3 is 1. The van der Waals surface area contributed by atoms with E-state index in [0.717, 1.165) is 27.8 Å². The van der Waals surface area contributed by atoms with Gasteiger partial charge < -0.3 is 70.4 Å². The molecule has 9 atom stereocenters. The number of nitrogens with zero attached hydrogens (tertiary/aromatic N) is 5. The van der Waals surface area contributed by atoms with E-state index >= 15 is 28.4 Å². The average Bonchev–Trinajstić information content (AvgIpc) is 1.71. The van der Waals surface area contributed by atoms with E-state index in [2.05, 4.69) is 52.8 Å². The van der Waals surface area contributed by atoms with Crippen molar-refractivity contribution in [3.63, 3.8) is 0 Å². The van der Waals surface area contributed by atoms with Crippen molar-refractivity contribution in [3.05, 3.63) is 206 Å². The Labute approximate surface area is 645 Å². The van der Waals surface area contributed by atoms with Crippen LogP contribution in [0.25, 0.3) is 32.5 Å². The number of carbonyl (C=O) groups excluding carboxylic acids is 9. The number of terminal acetylenes is 1. The lowest BCUT2D eigenvalue weighted by Crippen LogP contribution is -2.64. The number of azide groups is 1. The standard InChI is InChI=1S/C84H97FN12O14/c1-12-39-108-71-35-38-96(77(102)70(44-57-48-87-66-34-31-58(85)45-64(57)66)90-74(99)68(43-55-19-17-20-56(40-55)47-89-95-86)93-81(106)109-49-65-62-23-15-13-21-60(62)61-22-14-16-24-63(61)65)73(71)76(101)94-72(51(3)110-82(4,5)6)75(100)91-69(42-53-29-32-59(107-11)33-30-53)78(103)97-37-18-36-84(97,10)79(104)92-67(50(2)98)41-52-25-27-54(28-26-52)46-88-80(105)111-83(7,8)9/h1,13-17,19-34,40,45,48,51,65,67-73,87H,18,35-39,41-44,46-47,49H2,2-11H3,(H,88,105)(H,90,99)(H,91,100)(H,92,104)(H,93,106)(H,94,101)/t51?,67-,68-,69-,70-,71-,72-,73-,84+/m0/s1. The van der Waals surface area contributed by atoms with Crippen LogP contribution < -0.4 is 36.6 Å². The first-order valence-corrected chi connectivity index (χ1v) is 37.1. The predicted molar refractivity (Wildman–Crippen MR) is 414 cm³/mol. The Kier molecular flexibility index (Phi) is 26.8. The van der Waals surface area contributed by atoms with Crippen molar-refractivity contribution in [2.24, 2.45) is 5.11 Å². The third-order valence-corrected chi connectivity index (χ3v) is 20.0. The molecule has 10 rings (SSSR count). The van der Waals surface area contributed by atoms with Gasteiger partial charge in [0.1, 0.15) is 66.1 Å². The maximum Gasteiger partial charge on any atom is 0.407 e. The predicted octanol–water partition coefficient (Wildman–Crippen LogP) is 10.1. The number of benzene rings is 6. The number of rotatable bonds is 31. The molecule has 0 bridgehead atoms. The number of aromatic amines is 1. The molecule has 0 saturated carbocycles. The van der Waals surface area contributed by atoms with E-state index in [4.69, 9.17) is 30.1 Å². The number of ketones is 1. The lowest BCUT2D eigenvalue weighted by atomic mass is 9.94. The van der Waals surface area contributed by atoms with Gasteiger partial charge >= 0.3 is 12.2 Å². The van der Waals surface area contributed by atoms with Gasteiger partial charge in [0.15, 0.2) is 5.78 Å². The van der Waals surface area contributed by atoms with E-state index in [1.807, 2.05) is 48.5 Å². The first-order chi connectivity index (χ1) is 52.9. The summed E-state index contributed by atoms with van der Waals surface area (Å²) >= 11 is 0. The Hall–Kier alpha value is -11.6. The van der Waals surface area contributed by atoms with E-state index in [9.17, 15) is 24.7 Å². The number of hydrogen-bond donors (Lipinski definition) is 7. The Morgan fingerprint density at radius 1 is 0.703 bits per heavy atom. The van der Waals surface area contributed by atoms with Crippen molar-refractivity contribution in [1.29, 1.82) is 0 Å². The molecule has 2 saturated heterocycles. The Morgan fingerprint density at radius 3 is 1.98 bits per heavy atom. The van der Waals surface area contributed by atoms with Crippen LogP contribution in [0.5, 0.6) is 5.75 Å². The van der Waals surface area contributed by atoms with Gasteiger partial charge in [-0.25, -0.2) is 14.0 Å². The molecule has 6 aromatic carbocycles. The number of H-pyrrole nitrogens is 1. The van der Waals surface area contributed by atoms with Crippen LogP contribution in [-0.2, 0) is 91.3 Å². The summed E-state index contributed by atoms with van der Waals surface area (Å²) in [6.45, 7) is 14.7. The molecule has 1 aliphatic carbocycles.